The molecule has 0 radical (unpaired) electrons. The highest BCUT2D eigenvalue weighted by Crippen LogP contribution is 2.32. The van der Waals surface area contributed by atoms with Gasteiger partial charge in [-0.05, 0) is 43.6 Å². The van der Waals surface area contributed by atoms with E-state index in [4.69, 9.17) is 0 Å². The fourth-order valence-electron chi connectivity index (χ4n) is 2.55. The van der Waals surface area contributed by atoms with Crippen molar-refractivity contribution in [2.45, 2.75) is 12.3 Å². The molecule has 1 fully saturated rings. The molecule has 2 atom stereocenters. The van der Waals surface area contributed by atoms with Crippen LogP contribution < -0.4 is 0 Å². The normalized spacial score (nSPS) is 25.4. The van der Waals surface area contributed by atoms with Gasteiger partial charge in [-0.15, -0.1) is 12.4 Å². The molecule has 0 aliphatic carbocycles. The molecule has 0 spiro atoms. The summed E-state index contributed by atoms with van der Waals surface area (Å²) in [5, 5.41) is 9.39. The van der Waals surface area contributed by atoms with Crippen molar-refractivity contribution >= 4 is 12.4 Å². The van der Waals surface area contributed by atoms with Crippen molar-refractivity contribution in [1.29, 1.82) is 0 Å². The first kappa shape index (κ1) is 14.4. The van der Waals surface area contributed by atoms with Gasteiger partial charge < -0.3 is 10.0 Å². The Kier molecular flexibility index (Phi) is 5.37. The van der Waals surface area contributed by atoms with Crippen molar-refractivity contribution in [3.05, 3.63) is 35.6 Å². The second-order valence-electron chi connectivity index (χ2n) is 4.65. The lowest BCUT2D eigenvalue weighted by molar-refractivity contribution is 0.118. The SMILES string of the molecule is CN1CC[C@H](c2ccc(F)cc2)[C@H](CO)C1.Cl. The van der Waals surface area contributed by atoms with Gasteiger partial charge in [-0.1, -0.05) is 12.1 Å². The van der Waals surface area contributed by atoms with Crippen LogP contribution in [0.2, 0.25) is 0 Å². The maximum atomic E-state index is 12.8. The van der Waals surface area contributed by atoms with E-state index in [1.165, 1.54) is 12.1 Å². The Morgan fingerprint density at radius 1 is 1.35 bits per heavy atom. The van der Waals surface area contributed by atoms with Gasteiger partial charge in [0, 0.05) is 19.1 Å². The van der Waals surface area contributed by atoms with Crippen LogP contribution in [0.25, 0.3) is 0 Å². The van der Waals surface area contributed by atoms with Gasteiger partial charge in [-0.25, -0.2) is 4.39 Å². The zero-order chi connectivity index (χ0) is 11.5. The van der Waals surface area contributed by atoms with Crippen LogP contribution >= 0.6 is 12.4 Å². The largest absolute Gasteiger partial charge is 0.396 e. The van der Waals surface area contributed by atoms with Crippen LogP contribution in [0.1, 0.15) is 17.9 Å². The molecule has 17 heavy (non-hydrogen) atoms. The van der Waals surface area contributed by atoms with Crippen molar-refractivity contribution in [3.63, 3.8) is 0 Å². The monoisotopic (exact) mass is 259 g/mol. The second-order valence-corrected chi connectivity index (χ2v) is 4.65. The lowest BCUT2D eigenvalue weighted by atomic mass is 9.81. The van der Waals surface area contributed by atoms with Crippen LogP contribution in [0.5, 0.6) is 0 Å². The van der Waals surface area contributed by atoms with Crippen LogP contribution in [0.15, 0.2) is 24.3 Å². The molecule has 0 bridgehead atoms. The summed E-state index contributed by atoms with van der Waals surface area (Å²) in [5.41, 5.74) is 1.15. The van der Waals surface area contributed by atoms with Crippen LogP contribution in [0.3, 0.4) is 0 Å². The molecule has 4 heteroatoms. The van der Waals surface area contributed by atoms with Gasteiger partial charge in [-0.3, -0.25) is 0 Å². The van der Waals surface area contributed by atoms with E-state index < -0.39 is 0 Å². The van der Waals surface area contributed by atoms with Gasteiger partial charge in [0.1, 0.15) is 5.82 Å². The number of halogens is 2. The maximum absolute atomic E-state index is 12.8. The van der Waals surface area contributed by atoms with Crippen LogP contribution in [-0.2, 0) is 0 Å². The zero-order valence-corrected chi connectivity index (χ0v) is 10.8. The smallest absolute Gasteiger partial charge is 0.123 e. The number of likely N-dealkylation sites (tertiary alicyclic amines) is 1. The van der Waals surface area contributed by atoms with Crippen LogP contribution in [0.4, 0.5) is 4.39 Å². The fourth-order valence-corrected chi connectivity index (χ4v) is 2.55. The number of hydrogen-bond donors (Lipinski definition) is 1. The molecule has 1 heterocycles. The molecule has 1 aliphatic heterocycles. The van der Waals surface area contributed by atoms with E-state index in [0.717, 1.165) is 25.1 Å². The summed E-state index contributed by atoms with van der Waals surface area (Å²) < 4.78 is 12.8. The molecule has 96 valence electrons. The summed E-state index contributed by atoms with van der Waals surface area (Å²) in [4.78, 5) is 2.24. The molecular weight excluding hydrogens is 241 g/mol. The molecule has 2 rings (SSSR count). The Hall–Kier alpha value is -0.640. The standard InChI is InChI=1S/C13H18FNO.ClH/c1-15-7-6-13(11(8-15)9-16)10-2-4-12(14)5-3-10;/h2-5,11,13,16H,6-9H2,1H3;1H/t11-,13+;/m0./s1. The Labute approximate surface area is 108 Å². The summed E-state index contributed by atoms with van der Waals surface area (Å²) in [5.74, 6) is 0.434. The number of rotatable bonds is 2. The highest BCUT2D eigenvalue weighted by molar-refractivity contribution is 5.85. The summed E-state index contributed by atoms with van der Waals surface area (Å²) in [6.45, 7) is 2.16. The van der Waals surface area contributed by atoms with Crippen molar-refractivity contribution < 1.29 is 9.50 Å². The Morgan fingerprint density at radius 3 is 2.59 bits per heavy atom. The molecule has 1 N–H and O–H groups in total. The van der Waals surface area contributed by atoms with Crippen LogP contribution in [-0.4, -0.2) is 36.8 Å². The van der Waals surface area contributed by atoms with Gasteiger partial charge in [0.15, 0.2) is 0 Å². The van der Waals surface area contributed by atoms with Crippen molar-refractivity contribution in [2.24, 2.45) is 5.92 Å². The average Bonchev–Trinajstić information content (AvgIpc) is 2.30. The van der Waals surface area contributed by atoms with Gasteiger partial charge in [0.2, 0.25) is 0 Å². The summed E-state index contributed by atoms with van der Waals surface area (Å²) in [6.07, 6.45) is 1.04. The second kappa shape index (κ2) is 6.34. The number of aliphatic hydroxyl groups excluding tert-OH is 1. The van der Waals surface area contributed by atoms with E-state index in [-0.39, 0.29) is 30.7 Å². The number of nitrogens with zero attached hydrogens (tertiary/aromatic N) is 1. The van der Waals surface area contributed by atoms with Crippen molar-refractivity contribution in [3.8, 4) is 0 Å². The molecule has 1 aliphatic rings. The lowest BCUT2D eigenvalue weighted by Crippen LogP contribution is -2.38. The molecule has 1 saturated heterocycles. The molecule has 1 aromatic carbocycles. The molecule has 0 aromatic heterocycles. The quantitative estimate of drug-likeness (QED) is 0.881. The maximum Gasteiger partial charge on any atom is 0.123 e. The zero-order valence-electron chi connectivity index (χ0n) is 9.97. The Balaban J connectivity index is 0.00000144. The minimum absolute atomic E-state index is 0. The number of hydrogen-bond acceptors (Lipinski definition) is 2. The van der Waals surface area contributed by atoms with Crippen molar-refractivity contribution in [1.82, 2.24) is 4.90 Å². The summed E-state index contributed by atoms with van der Waals surface area (Å²) in [7, 11) is 2.07. The third-order valence-electron chi connectivity index (χ3n) is 3.47. The van der Waals surface area contributed by atoms with Gasteiger partial charge >= 0.3 is 0 Å². The first-order valence-corrected chi connectivity index (χ1v) is 5.75. The Bertz CT molecular complexity index is 344. The topological polar surface area (TPSA) is 23.5 Å². The predicted molar refractivity (Wildman–Crippen MR) is 69.1 cm³/mol. The molecule has 1 aromatic rings. The summed E-state index contributed by atoms with van der Waals surface area (Å²) >= 11 is 0. The third kappa shape index (κ3) is 3.41. The number of piperidine rings is 1. The first-order valence-electron chi connectivity index (χ1n) is 5.75. The average molecular weight is 260 g/mol. The van der Waals surface area contributed by atoms with Crippen LogP contribution in [0, 0.1) is 11.7 Å². The number of aliphatic hydroxyl groups is 1. The first-order chi connectivity index (χ1) is 7.70. The van der Waals surface area contributed by atoms with E-state index in [0.29, 0.717) is 5.92 Å². The number of benzene rings is 1. The fraction of sp³-hybridized carbons (Fsp3) is 0.538. The highest BCUT2D eigenvalue weighted by atomic mass is 35.5. The van der Waals surface area contributed by atoms with Crippen molar-refractivity contribution in [2.75, 3.05) is 26.7 Å². The third-order valence-corrected chi connectivity index (χ3v) is 3.47. The van der Waals surface area contributed by atoms with Gasteiger partial charge in [0.05, 0.1) is 0 Å². The minimum atomic E-state index is -0.197. The molecule has 2 nitrogen and oxygen atoms in total. The summed E-state index contributed by atoms with van der Waals surface area (Å²) in [6, 6.07) is 6.69. The van der Waals surface area contributed by atoms with E-state index in [1.54, 1.807) is 0 Å². The predicted octanol–water partition coefficient (Wildman–Crippen LogP) is 2.28. The van der Waals surface area contributed by atoms with E-state index in [1.807, 2.05) is 12.1 Å². The van der Waals surface area contributed by atoms with E-state index >= 15 is 0 Å². The van der Waals surface area contributed by atoms with Gasteiger partial charge in [-0.2, -0.15) is 0 Å². The molecular formula is C13H19ClFNO. The molecule has 0 saturated carbocycles. The highest BCUT2D eigenvalue weighted by Gasteiger charge is 2.28. The molecule has 0 unspecified atom stereocenters. The van der Waals surface area contributed by atoms with E-state index in [2.05, 4.69) is 11.9 Å². The molecule has 0 amide bonds. The minimum Gasteiger partial charge on any atom is -0.396 e. The van der Waals surface area contributed by atoms with Gasteiger partial charge in [0.25, 0.3) is 0 Å². The lowest BCUT2D eigenvalue weighted by Gasteiger charge is -2.36. The van der Waals surface area contributed by atoms with E-state index in [9.17, 15) is 9.50 Å². The Morgan fingerprint density at radius 2 is 2.00 bits per heavy atom.